The summed E-state index contributed by atoms with van der Waals surface area (Å²) in [5.74, 6) is 0. The van der Waals surface area contributed by atoms with Gasteiger partial charge in [0.15, 0.2) is 5.65 Å². The van der Waals surface area contributed by atoms with Crippen molar-refractivity contribution < 1.29 is 13.2 Å². The number of halogens is 4. The Morgan fingerprint density at radius 1 is 1.53 bits per heavy atom. The van der Waals surface area contributed by atoms with Crippen LogP contribution in [0.4, 0.5) is 13.2 Å². The molecule has 17 heavy (non-hydrogen) atoms. The van der Waals surface area contributed by atoms with Crippen LogP contribution in [0.1, 0.15) is 11.3 Å². The Kier molecular flexibility index (Phi) is 2.76. The Morgan fingerprint density at radius 2 is 2.18 bits per heavy atom. The highest BCUT2D eigenvalue weighted by atomic mass is 79.9. The maximum atomic E-state index is 12.3. The third-order valence-corrected chi connectivity index (χ3v) is 2.88. The minimum Gasteiger partial charge on any atom is -0.296 e. The standard InChI is InChI=1S/C9H7BrF3N3O/c1-4-5(2-9(11,12)13)8(17)16-7(15-4)6(10)3-14-16/h3,14H,2H2,1H3. The summed E-state index contributed by atoms with van der Waals surface area (Å²) >= 11 is 3.15. The summed E-state index contributed by atoms with van der Waals surface area (Å²) in [6.07, 6.45) is -4.26. The van der Waals surface area contributed by atoms with Crippen molar-refractivity contribution in [3.8, 4) is 0 Å². The van der Waals surface area contributed by atoms with Crippen LogP contribution in [0.2, 0.25) is 0 Å². The summed E-state index contributed by atoms with van der Waals surface area (Å²) in [5, 5.41) is 2.54. The van der Waals surface area contributed by atoms with Crippen LogP contribution in [0.25, 0.3) is 5.65 Å². The predicted molar refractivity (Wildman–Crippen MR) is 58.0 cm³/mol. The average Bonchev–Trinajstić information content (AvgIpc) is 2.54. The summed E-state index contributed by atoms with van der Waals surface area (Å²) < 4.78 is 38.4. The van der Waals surface area contributed by atoms with E-state index < -0.39 is 18.2 Å². The highest BCUT2D eigenvalue weighted by molar-refractivity contribution is 9.10. The molecule has 1 N–H and O–H groups in total. The molecule has 0 fully saturated rings. The number of nitrogens with one attached hydrogen (secondary N) is 1. The number of nitrogens with zero attached hydrogens (tertiary/aromatic N) is 2. The van der Waals surface area contributed by atoms with E-state index in [2.05, 4.69) is 26.0 Å². The summed E-state index contributed by atoms with van der Waals surface area (Å²) in [5.41, 5.74) is -0.703. The lowest BCUT2D eigenvalue weighted by molar-refractivity contribution is -0.127. The Hall–Kier alpha value is -1.31. The molecule has 0 bridgehead atoms. The monoisotopic (exact) mass is 309 g/mol. The fourth-order valence-electron chi connectivity index (χ4n) is 1.53. The number of H-pyrrole nitrogens is 1. The van der Waals surface area contributed by atoms with Crippen molar-refractivity contribution in [2.45, 2.75) is 19.5 Å². The van der Waals surface area contributed by atoms with Gasteiger partial charge in [0, 0.05) is 17.5 Å². The first kappa shape index (κ1) is 12.2. The Morgan fingerprint density at radius 3 is 2.76 bits per heavy atom. The minimum atomic E-state index is -4.43. The zero-order chi connectivity index (χ0) is 12.8. The van der Waals surface area contributed by atoms with Crippen molar-refractivity contribution in [2.75, 3.05) is 0 Å². The molecule has 0 radical (unpaired) electrons. The highest BCUT2D eigenvalue weighted by Gasteiger charge is 2.31. The number of aromatic amines is 1. The number of aryl methyl sites for hydroxylation is 1. The van der Waals surface area contributed by atoms with E-state index in [1.54, 1.807) is 0 Å². The second kappa shape index (κ2) is 3.86. The van der Waals surface area contributed by atoms with Crippen molar-refractivity contribution in [1.29, 1.82) is 0 Å². The van der Waals surface area contributed by atoms with E-state index in [9.17, 15) is 18.0 Å². The van der Waals surface area contributed by atoms with Gasteiger partial charge in [-0.1, -0.05) is 0 Å². The van der Waals surface area contributed by atoms with Gasteiger partial charge in [0.1, 0.15) is 0 Å². The first-order valence-electron chi connectivity index (χ1n) is 4.61. The third-order valence-electron chi connectivity index (χ3n) is 2.29. The smallest absolute Gasteiger partial charge is 0.296 e. The molecule has 92 valence electrons. The van der Waals surface area contributed by atoms with E-state index in [1.165, 1.54) is 13.1 Å². The summed E-state index contributed by atoms with van der Waals surface area (Å²) in [6.45, 7) is 1.39. The zero-order valence-electron chi connectivity index (χ0n) is 8.60. The van der Waals surface area contributed by atoms with Crippen LogP contribution in [0.15, 0.2) is 15.5 Å². The highest BCUT2D eigenvalue weighted by Crippen LogP contribution is 2.22. The van der Waals surface area contributed by atoms with Gasteiger partial charge in [0.25, 0.3) is 5.56 Å². The topological polar surface area (TPSA) is 50.2 Å². The van der Waals surface area contributed by atoms with Gasteiger partial charge in [0.2, 0.25) is 0 Å². The van der Waals surface area contributed by atoms with Crippen molar-refractivity contribution in [1.82, 2.24) is 14.6 Å². The third kappa shape index (κ3) is 2.21. The fourth-order valence-corrected chi connectivity index (χ4v) is 1.90. The molecule has 0 aliphatic heterocycles. The molecule has 2 rings (SSSR count). The molecular formula is C9H7BrF3N3O. The normalized spacial score (nSPS) is 12.3. The number of aromatic nitrogens is 3. The Balaban J connectivity index is 2.69. The molecule has 2 aromatic heterocycles. The van der Waals surface area contributed by atoms with E-state index in [4.69, 9.17) is 0 Å². The quantitative estimate of drug-likeness (QED) is 0.878. The average molecular weight is 310 g/mol. The molecule has 2 aromatic rings. The predicted octanol–water partition coefficient (Wildman–Crippen LogP) is 2.20. The molecule has 0 aliphatic carbocycles. The Labute approximate surface area is 102 Å². The van der Waals surface area contributed by atoms with Gasteiger partial charge in [-0.3, -0.25) is 9.89 Å². The van der Waals surface area contributed by atoms with E-state index in [-0.39, 0.29) is 16.9 Å². The molecule has 0 saturated carbocycles. The molecule has 0 unspecified atom stereocenters. The summed E-state index contributed by atoms with van der Waals surface area (Å²) in [6, 6.07) is 0. The van der Waals surface area contributed by atoms with Crippen molar-refractivity contribution in [3.63, 3.8) is 0 Å². The summed E-state index contributed by atoms with van der Waals surface area (Å²) in [7, 11) is 0. The van der Waals surface area contributed by atoms with Crippen LogP contribution in [-0.2, 0) is 6.42 Å². The van der Waals surface area contributed by atoms with Crippen LogP contribution < -0.4 is 5.56 Å². The van der Waals surface area contributed by atoms with Gasteiger partial charge in [-0.2, -0.15) is 13.2 Å². The van der Waals surface area contributed by atoms with Gasteiger partial charge in [-0.05, 0) is 22.9 Å². The lowest BCUT2D eigenvalue weighted by Gasteiger charge is -2.08. The lowest BCUT2D eigenvalue weighted by atomic mass is 10.1. The largest absolute Gasteiger partial charge is 0.393 e. The molecular weight excluding hydrogens is 303 g/mol. The van der Waals surface area contributed by atoms with E-state index in [1.807, 2.05) is 0 Å². The molecule has 0 amide bonds. The maximum absolute atomic E-state index is 12.3. The molecule has 0 atom stereocenters. The molecule has 0 spiro atoms. The molecule has 0 saturated heterocycles. The van der Waals surface area contributed by atoms with Gasteiger partial charge in [-0.25, -0.2) is 9.50 Å². The molecule has 4 nitrogen and oxygen atoms in total. The number of hydrogen-bond acceptors (Lipinski definition) is 2. The number of fused-ring (bicyclic) bond motifs is 1. The van der Waals surface area contributed by atoms with E-state index in [0.29, 0.717) is 4.47 Å². The second-order valence-corrected chi connectivity index (χ2v) is 4.41. The first-order chi connectivity index (χ1) is 7.79. The van der Waals surface area contributed by atoms with Crippen molar-refractivity contribution >= 4 is 21.6 Å². The molecule has 0 aliphatic rings. The Bertz CT molecular complexity index is 629. The molecule has 8 heteroatoms. The van der Waals surface area contributed by atoms with Gasteiger partial charge < -0.3 is 0 Å². The lowest BCUT2D eigenvalue weighted by Crippen LogP contribution is -2.26. The molecule has 2 heterocycles. The van der Waals surface area contributed by atoms with Gasteiger partial charge >= 0.3 is 6.18 Å². The fraction of sp³-hybridized carbons (Fsp3) is 0.333. The zero-order valence-corrected chi connectivity index (χ0v) is 10.2. The first-order valence-corrected chi connectivity index (χ1v) is 5.41. The van der Waals surface area contributed by atoms with Gasteiger partial charge in [0.05, 0.1) is 10.9 Å². The SMILES string of the molecule is Cc1nc2c(Br)c[nH]n2c(=O)c1CC(F)(F)F. The minimum absolute atomic E-state index is 0.0904. The second-order valence-electron chi connectivity index (χ2n) is 3.55. The maximum Gasteiger partial charge on any atom is 0.393 e. The van der Waals surface area contributed by atoms with Crippen LogP contribution in [0.3, 0.4) is 0 Å². The van der Waals surface area contributed by atoms with Crippen molar-refractivity contribution in [2.24, 2.45) is 0 Å². The van der Waals surface area contributed by atoms with Crippen LogP contribution in [-0.4, -0.2) is 20.8 Å². The summed E-state index contributed by atoms with van der Waals surface area (Å²) in [4.78, 5) is 15.8. The number of rotatable bonds is 1. The van der Waals surface area contributed by atoms with Crippen molar-refractivity contribution in [3.05, 3.63) is 32.3 Å². The van der Waals surface area contributed by atoms with Crippen LogP contribution in [0.5, 0.6) is 0 Å². The van der Waals surface area contributed by atoms with Crippen LogP contribution in [0, 0.1) is 6.92 Å². The number of hydrogen-bond donors (Lipinski definition) is 1. The van der Waals surface area contributed by atoms with Crippen LogP contribution >= 0.6 is 15.9 Å². The molecule has 0 aromatic carbocycles. The number of alkyl halides is 3. The van der Waals surface area contributed by atoms with E-state index >= 15 is 0 Å². The van der Waals surface area contributed by atoms with Gasteiger partial charge in [-0.15, -0.1) is 0 Å². The van der Waals surface area contributed by atoms with E-state index in [0.717, 1.165) is 4.52 Å².